The fourth-order valence-corrected chi connectivity index (χ4v) is 2.40. The minimum Gasteiger partial charge on any atom is -0.367 e. The Morgan fingerprint density at radius 3 is 2.69 bits per heavy atom. The summed E-state index contributed by atoms with van der Waals surface area (Å²) in [6.45, 7) is 0. The number of rotatable bonds is 7. The molecule has 3 heterocycles. The lowest BCUT2D eigenvalue weighted by atomic mass is 10.0. The maximum absolute atomic E-state index is 12.6. The molecule has 10 heteroatoms. The number of ketones is 1. The molecule has 3 rings (SSSR count). The molecular formula is C16H15N7O3. The molecule has 2 amide bonds. The maximum Gasteiger partial charge on any atom is 0.287 e. The number of primary amides is 1. The van der Waals surface area contributed by atoms with Gasteiger partial charge in [-0.3, -0.25) is 19.4 Å². The van der Waals surface area contributed by atoms with Crippen molar-refractivity contribution in [3.8, 4) is 11.4 Å². The highest BCUT2D eigenvalue weighted by Gasteiger charge is 2.28. The van der Waals surface area contributed by atoms with Crippen molar-refractivity contribution >= 4 is 17.6 Å². The number of H-pyrrole nitrogens is 2. The van der Waals surface area contributed by atoms with Crippen LogP contribution < -0.4 is 11.1 Å². The first-order chi connectivity index (χ1) is 12.6. The van der Waals surface area contributed by atoms with E-state index < -0.39 is 23.6 Å². The molecule has 3 aromatic heterocycles. The summed E-state index contributed by atoms with van der Waals surface area (Å²) in [4.78, 5) is 42.9. The van der Waals surface area contributed by atoms with E-state index in [-0.39, 0.29) is 17.8 Å². The third kappa shape index (κ3) is 3.64. The van der Waals surface area contributed by atoms with Crippen LogP contribution in [0.2, 0.25) is 0 Å². The summed E-state index contributed by atoms with van der Waals surface area (Å²) in [5.74, 6) is -2.70. The van der Waals surface area contributed by atoms with Crippen LogP contribution in [-0.4, -0.2) is 49.0 Å². The van der Waals surface area contributed by atoms with Crippen LogP contribution in [0.4, 0.5) is 0 Å². The lowest BCUT2D eigenvalue weighted by Crippen LogP contribution is -2.47. The maximum atomic E-state index is 12.6. The van der Waals surface area contributed by atoms with Crippen molar-refractivity contribution < 1.29 is 14.4 Å². The van der Waals surface area contributed by atoms with Crippen molar-refractivity contribution in [2.45, 2.75) is 12.5 Å². The van der Waals surface area contributed by atoms with Crippen LogP contribution >= 0.6 is 0 Å². The smallest absolute Gasteiger partial charge is 0.287 e. The van der Waals surface area contributed by atoms with Gasteiger partial charge in [-0.2, -0.15) is 15.4 Å². The van der Waals surface area contributed by atoms with Gasteiger partial charge < -0.3 is 16.0 Å². The summed E-state index contributed by atoms with van der Waals surface area (Å²) < 4.78 is 0. The van der Waals surface area contributed by atoms with Gasteiger partial charge in [-0.1, -0.05) is 6.07 Å². The van der Waals surface area contributed by atoms with E-state index in [9.17, 15) is 14.4 Å². The van der Waals surface area contributed by atoms with Crippen molar-refractivity contribution in [1.82, 2.24) is 30.7 Å². The SMILES string of the molecule is NC(=O)C(=O)C(Cc1cc[nH]c1)NC(=O)c1n[nH]nc1-c1ccccn1. The molecule has 0 aliphatic heterocycles. The first-order valence-electron chi connectivity index (χ1n) is 7.64. The van der Waals surface area contributed by atoms with Gasteiger partial charge in [-0.15, -0.1) is 0 Å². The highest BCUT2D eigenvalue weighted by Crippen LogP contribution is 2.16. The molecule has 0 saturated carbocycles. The summed E-state index contributed by atoms with van der Waals surface area (Å²) in [7, 11) is 0. The predicted octanol–water partition coefficient (Wildman–Crippen LogP) is -0.410. The first kappa shape index (κ1) is 17.0. The van der Waals surface area contributed by atoms with E-state index >= 15 is 0 Å². The lowest BCUT2D eigenvalue weighted by Gasteiger charge is -2.15. The number of carbonyl (C=O) groups excluding carboxylic acids is 3. The van der Waals surface area contributed by atoms with Crippen LogP contribution in [0.15, 0.2) is 42.9 Å². The van der Waals surface area contributed by atoms with Gasteiger partial charge in [0, 0.05) is 25.0 Å². The van der Waals surface area contributed by atoms with E-state index in [1.54, 1.807) is 42.9 Å². The number of nitrogens with two attached hydrogens (primary N) is 1. The molecule has 0 spiro atoms. The molecule has 0 saturated heterocycles. The Morgan fingerprint density at radius 1 is 1.19 bits per heavy atom. The van der Waals surface area contributed by atoms with Crippen molar-refractivity contribution in [1.29, 1.82) is 0 Å². The van der Waals surface area contributed by atoms with Crippen molar-refractivity contribution in [3.05, 3.63) is 54.1 Å². The topological polar surface area (TPSA) is 160 Å². The highest BCUT2D eigenvalue weighted by atomic mass is 16.2. The minimum atomic E-state index is -1.13. The second kappa shape index (κ2) is 7.38. The van der Waals surface area contributed by atoms with E-state index in [0.717, 1.165) is 5.56 Å². The fraction of sp³-hybridized carbons (Fsp3) is 0.125. The normalized spacial score (nSPS) is 11.7. The molecule has 0 aliphatic rings. The molecule has 1 unspecified atom stereocenters. The van der Waals surface area contributed by atoms with Crippen molar-refractivity contribution in [2.75, 3.05) is 0 Å². The van der Waals surface area contributed by atoms with Gasteiger partial charge in [0.1, 0.15) is 11.7 Å². The van der Waals surface area contributed by atoms with Gasteiger partial charge in [-0.25, -0.2) is 0 Å². The number of Topliss-reactive ketones (excluding diaryl/α,β-unsaturated/α-hetero) is 1. The van der Waals surface area contributed by atoms with E-state index in [4.69, 9.17) is 5.73 Å². The van der Waals surface area contributed by atoms with Crippen molar-refractivity contribution in [2.24, 2.45) is 5.73 Å². The number of aromatic nitrogens is 5. The van der Waals surface area contributed by atoms with Crippen LogP contribution in [-0.2, 0) is 16.0 Å². The van der Waals surface area contributed by atoms with E-state index in [0.29, 0.717) is 5.69 Å². The summed E-state index contributed by atoms with van der Waals surface area (Å²) >= 11 is 0. The Kier molecular flexibility index (Phi) is 4.83. The number of hydrogen-bond donors (Lipinski definition) is 4. The largest absolute Gasteiger partial charge is 0.367 e. The average molecular weight is 353 g/mol. The molecule has 132 valence electrons. The fourth-order valence-electron chi connectivity index (χ4n) is 2.40. The third-order valence-corrected chi connectivity index (χ3v) is 3.64. The number of nitrogens with one attached hydrogen (secondary N) is 3. The number of hydrogen-bond acceptors (Lipinski definition) is 6. The zero-order chi connectivity index (χ0) is 18.5. The summed E-state index contributed by atoms with van der Waals surface area (Å²) in [6, 6.07) is 5.74. The molecule has 0 bridgehead atoms. The average Bonchev–Trinajstić information content (AvgIpc) is 3.32. The number of amides is 2. The Hall–Kier alpha value is -3.82. The van der Waals surface area contributed by atoms with Gasteiger partial charge in [0.25, 0.3) is 11.8 Å². The highest BCUT2D eigenvalue weighted by molar-refractivity contribution is 6.38. The predicted molar refractivity (Wildman–Crippen MR) is 89.6 cm³/mol. The second-order valence-corrected chi connectivity index (χ2v) is 5.41. The van der Waals surface area contributed by atoms with Gasteiger partial charge in [-0.05, 0) is 23.8 Å². The number of carbonyl (C=O) groups is 3. The zero-order valence-corrected chi connectivity index (χ0v) is 13.5. The molecule has 10 nitrogen and oxygen atoms in total. The van der Waals surface area contributed by atoms with Gasteiger partial charge >= 0.3 is 0 Å². The zero-order valence-electron chi connectivity index (χ0n) is 13.5. The standard InChI is InChI=1S/C16H15N7O3/c17-15(25)14(24)11(7-9-4-6-18-8-9)20-16(26)13-12(21-23-22-13)10-3-1-2-5-19-10/h1-6,8,11,18H,7H2,(H2,17,25)(H,20,26)(H,21,22,23). The number of pyridine rings is 1. The summed E-state index contributed by atoms with van der Waals surface area (Å²) in [5, 5.41) is 12.6. The van der Waals surface area contributed by atoms with E-state index in [2.05, 4.69) is 30.7 Å². The van der Waals surface area contributed by atoms with Gasteiger partial charge in [0.05, 0.1) is 5.69 Å². The molecule has 3 aromatic rings. The van der Waals surface area contributed by atoms with Gasteiger partial charge in [0.2, 0.25) is 5.78 Å². The van der Waals surface area contributed by atoms with Crippen LogP contribution in [0, 0.1) is 0 Å². The van der Waals surface area contributed by atoms with Crippen LogP contribution in [0.5, 0.6) is 0 Å². The monoisotopic (exact) mass is 353 g/mol. The Labute approximate surface area is 147 Å². The molecular weight excluding hydrogens is 338 g/mol. The quantitative estimate of drug-likeness (QED) is 0.422. The first-order valence-corrected chi connectivity index (χ1v) is 7.64. The van der Waals surface area contributed by atoms with Crippen LogP contribution in [0.25, 0.3) is 11.4 Å². The van der Waals surface area contributed by atoms with Crippen LogP contribution in [0.1, 0.15) is 16.1 Å². The summed E-state index contributed by atoms with van der Waals surface area (Å²) in [5.41, 5.74) is 6.45. The molecule has 0 aromatic carbocycles. The van der Waals surface area contributed by atoms with E-state index in [1.807, 2.05) is 0 Å². The minimum absolute atomic E-state index is 0.0416. The Bertz CT molecular complexity index is 918. The molecule has 0 fully saturated rings. The van der Waals surface area contributed by atoms with Crippen molar-refractivity contribution in [3.63, 3.8) is 0 Å². The van der Waals surface area contributed by atoms with Gasteiger partial charge in [0.15, 0.2) is 5.69 Å². The van der Waals surface area contributed by atoms with Crippen LogP contribution in [0.3, 0.4) is 0 Å². The third-order valence-electron chi connectivity index (χ3n) is 3.64. The molecule has 0 radical (unpaired) electrons. The Morgan fingerprint density at radius 2 is 2.04 bits per heavy atom. The lowest BCUT2D eigenvalue weighted by molar-refractivity contribution is -0.137. The molecule has 5 N–H and O–H groups in total. The number of aromatic amines is 2. The number of nitrogens with zero attached hydrogens (tertiary/aromatic N) is 3. The molecule has 1 atom stereocenters. The Balaban J connectivity index is 1.83. The summed E-state index contributed by atoms with van der Waals surface area (Å²) in [6.07, 6.45) is 4.98. The molecule has 26 heavy (non-hydrogen) atoms. The van der Waals surface area contributed by atoms with E-state index in [1.165, 1.54) is 0 Å². The molecule has 0 aliphatic carbocycles. The second-order valence-electron chi connectivity index (χ2n) is 5.41.